The van der Waals surface area contributed by atoms with Gasteiger partial charge in [0.05, 0.1) is 0 Å². The predicted molar refractivity (Wildman–Crippen MR) is 50.6 cm³/mol. The summed E-state index contributed by atoms with van der Waals surface area (Å²) in [6, 6.07) is 0. The van der Waals surface area contributed by atoms with Crippen molar-refractivity contribution >= 4 is 0 Å². The van der Waals surface area contributed by atoms with Gasteiger partial charge in [0, 0.05) is 0 Å². The third-order valence-corrected chi connectivity index (χ3v) is 3.16. The van der Waals surface area contributed by atoms with Crippen LogP contribution >= 0.6 is 0 Å². The third kappa shape index (κ3) is 1.85. The fourth-order valence-corrected chi connectivity index (χ4v) is 2.37. The normalized spacial score (nSPS) is 31.3. The smallest absolute Gasteiger partial charge is 0.0260 e. The number of hydrogen-bond donors (Lipinski definition) is 0. The number of allylic oxidation sites excluding steroid dienone is 1. The van der Waals surface area contributed by atoms with Crippen LogP contribution in [0.25, 0.3) is 0 Å². The molecule has 0 nitrogen and oxygen atoms in total. The second kappa shape index (κ2) is 3.42. The van der Waals surface area contributed by atoms with E-state index in [1.807, 2.05) is 0 Å². The van der Waals surface area contributed by atoms with Crippen LogP contribution in [0.2, 0.25) is 0 Å². The molecule has 1 saturated carbocycles. The quantitative estimate of drug-likeness (QED) is 0.538. The minimum absolute atomic E-state index is 0.659. The Hall–Kier alpha value is -0.260. The van der Waals surface area contributed by atoms with Crippen LogP contribution < -0.4 is 0 Å². The molecular formula is C11H20. The van der Waals surface area contributed by atoms with Crippen molar-refractivity contribution in [2.75, 3.05) is 0 Å². The van der Waals surface area contributed by atoms with E-state index in [9.17, 15) is 0 Å². The summed E-state index contributed by atoms with van der Waals surface area (Å²) in [5.74, 6) is 0. The molecule has 1 aliphatic rings. The van der Waals surface area contributed by atoms with Crippen LogP contribution in [0.3, 0.4) is 0 Å². The Labute approximate surface area is 70.7 Å². The molecule has 1 aliphatic carbocycles. The summed E-state index contributed by atoms with van der Waals surface area (Å²) in [5.41, 5.74) is 2.14. The lowest BCUT2D eigenvalue weighted by Crippen LogP contribution is -2.14. The number of hydrogen-bond acceptors (Lipinski definition) is 0. The topological polar surface area (TPSA) is 0 Å². The maximum absolute atomic E-state index is 4.08. The van der Waals surface area contributed by atoms with E-state index in [1.54, 1.807) is 0 Å². The van der Waals surface area contributed by atoms with E-state index < -0.39 is 0 Å². The van der Waals surface area contributed by atoms with Crippen LogP contribution in [0.5, 0.6) is 0 Å². The van der Waals surface area contributed by atoms with Crippen LogP contribution in [0, 0.1) is 5.41 Å². The molecule has 0 saturated heterocycles. The molecule has 0 spiro atoms. The van der Waals surface area contributed by atoms with Gasteiger partial charge in [-0.2, -0.15) is 0 Å². The molecule has 1 fully saturated rings. The van der Waals surface area contributed by atoms with Gasteiger partial charge in [0.2, 0.25) is 0 Å². The summed E-state index contributed by atoms with van der Waals surface area (Å²) in [6.07, 6.45) is 8.07. The molecule has 0 radical (unpaired) electrons. The molecule has 0 N–H and O–H groups in total. The second-order valence-electron chi connectivity index (χ2n) is 4.03. The molecule has 11 heavy (non-hydrogen) atoms. The fourth-order valence-electron chi connectivity index (χ4n) is 2.37. The first-order valence-electron chi connectivity index (χ1n) is 4.89. The first-order chi connectivity index (χ1) is 5.22. The summed E-state index contributed by atoms with van der Waals surface area (Å²) in [6.45, 7) is 8.70. The highest BCUT2D eigenvalue weighted by atomic mass is 14.4. The lowest BCUT2D eigenvalue weighted by atomic mass is 9.79. The van der Waals surface area contributed by atoms with Gasteiger partial charge in [-0.3, -0.25) is 0 Å². The van der Waals surface area contributed by atoms with E-state index in [2.05, 4.69) is 20.4 Å². The van der Waals surface area contributed by atoms with Gasteiger partial charge in [-0.15, -0.1) is 0 Å². The Morgan fingerprint density at radius 1 is 1.45 bits per heavy atom. The molecule has 0 amide bonds. The van der Waals surface area contributed by atoms with E-state index in [-0.39, 0.29) is 0 Å². The average molecular weight is 152 g/mol. The maximum Gasteiger partial charge on any atom is -0.0260 e. The van der Waals surface area contributed by atoms with Gasteiger partial charge < -0.3 is 0 Å². The molecule has 0 aromatic rings. The maximum atomic E-state index is 4.08. The van der Waals surface area contributed by atoms with Crippen molar-refractivity contribution < 1.29 is 0 Å². The molecule has 1 unspecified atom stereocenters. The fraction of sp³-hybridized carbons (Fsp3) is 0.818. The average Bonchev–Trinajstić information content (AvgIpc) is 2.34. The monoisotopic (exact) mass is 152 g/mol. The zero-order valence-corrected chi connectivity index (χ0v) is 7.95. The van der Waals surface area contributed by atoms with Gasteiger partial charge in [0.25, 0.3) is 0 Å². The zero-order valence-electron chi connectivity index (χ0n) is 7.95. The molecule has 1 rings (SSSR count). The van der Waals surface area contributed by atoms with E-state index in [1.165, 1.54) is 44.1 Å². The lowest BCUT2D eigenvalue weighted by molar-refractivity contribution is 0.262. The standard InChI is InChI=1S/C11H20/c1-4-7-11(5-2)8-6-10(3)9-11/h3-9H2,1-2H3. The SMILES string of the molecule is C=C1CCC(CC)(CCC)C1. The van der Waals surface area contributed by atoms with Crippen molar-refractivity contribution in [1.82, 2.24) is 0 Å². The molecule has 0 aliphatic heterocycles. The van der Waals surface area contributed by atoms with Crippen molar-refractivity contribution in [1.29, 1.82) is 0 Å². The minimum atomic E-state index is 0.659. The first kappa shape index (κ1) is 8.83. The second-order valence-corrected chi connectivity index (χ2v) is 4.03. The third-order valence-electron chi connectivity index (χ3n) is 3.16. The molecule has 0 aromatic carbocycles. The van der Waals surface area contributed by atoms with Crippen LogP contribution in [0.15, 0.2) is 12.2 Å². The largest absolute Gasteiger partial charge is 0.0998 e. The van der Waals surface area contributed by atoms with Crippen molar-refractivity contribution in [3.63, 3.8) is 0 Å². The predicted octanol–water partition coefficient (Wildman–Crippen LogP) is 3.92. The van der Waals surface area contributed by atoms with Crippen molar-refractivity contribution in [2.24, 2.45) is 5.41 Å². The van der Waals surface area contributed by atoms with Gasteiger partial charge >= 0.3 is 0 Å². The lowest BCUT2D eigenvalue weighted by Gasteiger charge is -2.26. The summed E-state index contributed by atoms with van der Waals surface area (Å²) in [7, 11) is 0. The Morgan fingerprint density at radius 2 is 2.18 bits per heavy atom. The highest BCUT2D eigenvalue weighted by molar-refractivity contribution is 5.07. The zero-order chi connectivity index (χ0) is 8.32. The summed E-state index contributed by atoms with van der Waals surface area (Å²) < 4.78 is 0. The summed E-state index contributed by atoms with van der Waals surface area (Å²) >= 11 is 0. The van der Waals surface area contributed by atoms with Crippen molar-refractivity contribution in [3.05, 3.63) is 12.2 Å². The van der Waals surface area contributed by atoms with Gasteiger partial charge in [-0.25, -0.2) is 0 Å². The summed E-state index contributed by atoms with van der Waals surface area (Å²) in [5, 5.41) is 0. The highest BCUT2D eigenvalue weighted by Gasteiger charge is 2.32. The van der Waals surface area contributed by atoms with E-state index in [0.717, 1.165) is 0 Å². The van der Waals surface area contributed by atoms with Crippen LogP contribution in [-0.4, -0.2) is 0 Å². The number of rotatable bonds is 3. The Balaban J connectivity index is 2.54. The molecular weight excluding hydrogens is 132 g/mol. The molecule has 0 heteroatoms. The first-order valence-corrected chi connectivity index (χ1v) is 4.89. The van der Waals surface area contributed by atoms with E-state index in [4.69, 9.17) is 0 Å². The Morgan fingerprint density at radius 3 is 2.55 bits per heavy atom. The van der Waals surface area contributed by atoms with Crippen LogP contribution in [0.4, 0.5) is 0 Å². The van der Waals surface area contributed by atoms with Gasteiger partial charge in [-0.1, -0.05) is 38.8 Å². The minimum Gasteiger partial charge on any atom is -0.0998 e. The Kier molecular flexibility index (Phi) is 2.75. The molecule has 64 valence electrons. The molecule has 1 atom stereocenters. The van der Waals surface area contributed by atoms with E-state index >= 15 is 0 Å². The van der Waals surface area contributed by atoms with Crippen molar-refractivity contribution in [2.45, 2.75) is 52.4 Å². The van der Waals surface area contributed by atoms with Gasteiger partial charge in [0.1, 0.15) is 0 Å². The van der Waals surface area contributed by atoms with Crippen molar-refractivity contribution in [3.8, 4) is 0 Å². The van der Waals surface area contributed by atoms with Crippen LogP contribution in [-0.2, 0) is 0 Å². The highest BCUT2D eigenvalue weighted by Crippen LogP contribution is 2.46. The molecule has 0 aromatic heterocycles. The molecule has 0 heterocycles. The van der Waals surface area contributed by atoms with E-state index in [0.29, 0.717) is 5.41 Å². The van der Waals surface area contributed by atoms with Crippen LogP contribution in [0.1, 0.15) is 52.4 Å². The van der Waals surface area contributed by atoms with Gasteiger partial charge in [0.15, 0.2) is 0 Å². The molecule has 0 bridgehead atoms. The Bertz CT molecular complexity index is 146. The van der Waals surface area contributed by atoms with Gasteiger partial charge in [-0.05, 0) is 31.1 Å². The summed E-state index contributed by atoms with van der Waals surface area (Å²) in [4.78, 5) is 0.